The molecule has 4 heteroatoms. The highest BCUT2D eigenvalue weighted by Gasteiger charge is 2.23. The Hall–Kier alpha value is -1.55. The van der Waals surface area contributed by atoms with Crippen LogP contribution in [0.15, 0.2) is 18.2 Å². The third kappa shape index (κ3) is 3.07. The molecule has 0 radical (unpaired) electrons. The second-order valence-corrected chi connectivity index (χ2v) is 5.19. The lowest BCUT2D eigenvalue weighted by molar-refractivity contribution is -0.897. The number of nitrogens with zero attached hydrogens (tertiary/aromatic N) is 1. The second kappa shape index (κ2) is 5.61. The van der Waals surface area contributed by atoms with E-state index in [0.717, 1.165) is 23.3 Å². The summed E-state index contributed by atoms with van der Waals surface area (Å²) in [6.07, 6.45) is 0. The Labute approximate surface area is 114 Å². The van der Waals surface area contributed by atoms with E-state index in [4.69, 9.17) is 9.47 Å². The second-order valence-electron chi connectivity index (χ2n) is 5.19. The number of rotatable bonds is 5. The van der Waals surface area contributed by atoms with Crippen molar-refractivity contribution in [2.75, 3.05) is 39.9 Å². The molecule has 104 valence electrons. The third-order valence-electron chi connectivity index (χ3n) is 3.92. The van der Waals surface area contributed by atoms with E-state index in [1.807, 2.05) is 12.1 Å². The predicted octanol–water partition coefficient (Wildman–Crippen LogP) is 2.13. The van der Waals surface area contributed by atoms with E-state index >= 15 is 0 Å². The van der Waals surface area contributed by atoms with Crippen molar-refractivity contribution in [3.8, 4) is 11.5 Å². The molecular formula is C15H22NO3+. The van der Waals surface area contributed by atoms with Gasteiger partial charge in [-0.1, -0.05) is 0 Å². The minimum atomic E-state index is 0.156. The van der Waals surface area contributed by atoms with Crippen molar-refractivity contribution in [2.45, 2.75) is 13.8 Å². The first-order valence-electron chi connectivity index (χ1n) is 6.84. The van der Waals surface area contributed by atoms with Crippen LogP contribution < -0.4 is 9.47 Å². The summed E-state index contributed by atoms with van der Waals surface area (Å²) in [7, 11) is 2.11. The summed E-state index contributed by atoms with van der Waals surface area (Å²) in [4.78, 5) is 12.4. The number of benzene rings is 1. The monoisotopic (exact) mass is 264 g/mol. The van der Waals surface area contributed by atoms with Crippen LogP contribution in [0.1, 0.15) is 24.2 Å². The Morgan fingerprint density at radius 1 is 1.16 bits per heavy atom. The highest BCUT2D eigenvalue weighted by molar-refractivity contribution is 5.97. The largest absolute Gasteiger partial charge is 0.486 e. The molecule has 2 rings (SSSR count). The van der Waals surface area contributed by atoms with E-state index in [1.54, 1.807) is 6.07 Å². The highest BCUT2D eigenvalue weighted by Crippen LogP contribution is 2.31. The number of quaternary nitrogens is 1. The summed E-state index contributed by atoms with van der Waals surface area (Å²) >= 11 is 0. The molecule has 1 aliphatic rings. The molecule has 0 unspecified atom stereocenters. The first kappa shape index (κ1) is 13.9. The maximum atomic E-state index is 12.4. The van der Waals surface area contributed by atoms with Gasteiger partial charge >= 0.3 is 0 Å². The summed E-state index contributed by atoms with van der Waals surface area (Å²) in [5.41, 5.74) is 0.704. The lowest BCUT2D eigenvalue weighted by Gasteiger charge is -2.31. The van der Waals surface area contributed by atoms with Crippen LogP contribution in [0.5, 0.6) is 11.5 Å². The van der Waals surface area contributed by atoms with Crippen molar-refractivity contribution in [2.24, 2.45) is 0 Å². The van der Waals surface area contributed by atoms with Gasteiger partial charge < -0.3 is 14.0 Å². The number of hydrogen-bond acceptors (Lipinski definition) is 3. The van der Waals surface area contributed by atoms with Crippen LogP contribution in [0, 0.1) is 0 Å². The zero-order valence-electron chi connectivity index (χ0n) is 11.9. The average Bonchev–Trinajstić information content (AvgIpc) is 2.46. The SMILES string of the molecule is CC[N+](C)(CC)CC(=O)c1ccc2c(c1)OCCO2. The van der Waals surface area contributed by atoms with Gasteiger partial charge in [0.15, 0.2) is 11.5 Å². The number of likely N-dealkylation sites (N-methyl/N-ethyl adjacent to an activating group) is 1. The molecule has 0 saturated heterocycles. The van der Waals surface area contributed by atoms with Crippen LogP contribution >= 0.6 is 0 Å². The fourth-order valence-electron chi connectivity index (χ4n) is 2.10. The Balaban J connectivity index is 2.15. The highest BCUT2D eigenvalue weighted by atomic mass is 16.6. The van der Waals surface area contributed by atoms with E-state index in [0.29, 0.717) is 31.1 Å². The minimum Gasteiger partial charge on any atom is -0.486 e. The van der Waals surface area contributed by atoms with Crippen LogP contribution in [-0.2, 0) is 0 Å². The van der Waals surface area contributed by atoms with Crippen molar-refractivity contribution in [3.05, 3.63) is 23.8 Å². The summed E-state index contributed by atoms with van der Waals surface area (Å²) in [6.45, 7) is 7.76. The molecule has 0 spiro atoms. The molecule has 0 fully saturated rings. The van der Waals surface area contributed by atoms with Gasteiger partial charge in [-0.25, -0.2) is 0 Å². The molecule has 0 aliphatic carbocycles. The van der Waals surface area contributed by atoms with Gasteiger partial charge in [0.05, 0.1) is 20.1 Å². The van der Waals surface area contributed by atoms with Crippen molar-refractivity contribution in [3.63, 3.8) is 0 Å². The molecule has 1 aliphatic heterocycles. The molecule has 4 nitrogen and oxygen atoms in total. The van der Waals surface area contributed by atoms with Gasteiger partial charge in [0, 0.05) is 5.56 Å². The third-order valence-corrected chi connectivity index (χ3v) is 3.92. The van der Waals surface area contributed by atoms with Crippen molar-refractivity contribution in [1.82, 2.24) is 0 Å². The topological polar surface area (TPSA) is 35.5 Å². The Morgan fingerprint density at radius 2 is 1.79 bits per heavy atom. The molecule has 0 amide bonds. The molecular weight excluding hydrogens is 242 g/mol. The molecule has 0 saturated carbocycles. The van der Waals surface area contributed by atoms with Crippen molar-refractivity contribution >= 4 is 5.78 Å². The molecule has 1 aromatic carbocycles. The van der Waals surface area contributed by atoms with E-state index in [2.05, 4.69) is 20.9 Å². The van der Waals surface area contributed by atoms with Gasteiger partial charge in [-0.15, -0.1) is 0 Å². The Morgan fingerprint density at radius 3 is 2.42 bits per heavy atom. The quantitative estimate of drug-likeness (QED) is 0.603. The van der Waals surface area contributed by atoms with Crippen LogP contribution in [0.4, 0.5) is 0 Å². The van der Waals surface area contributed by atoms with Gasteiger partial charge in [-0.3, -0.25) is 4.79 Å². The van der Waals surface area contributed by atoms with E-state index in [-0.39, 0.29) is 5.78 Å². The molecule has 0 atom stereocenters. The normalized spacial score (nSPS) is 14.3. The maximum absolute atomic E-state index is 12.4. The van der Waals surface area contributed by atoms with Crippen LogP contribution in [0.3, 0.4) is 0 Å². The lowest BCUT2D eigenvalue weighted by atomic mass is 10.1. The summed E-state index contributed by atoms with van der Waals surface area (Å²) in [5, 5.41) is 0. The predicted molar refractivity (Wildman–Crippen MR) is 73.9 cm³/mol. The van der Waals surface area contributed by atoms with Crippen LogP contribution in [-0.4, -0.2) is 50.2 Å². The first-order valence-corrected chi connectivity index (χ1v) is 6.84. The number of fused-ring (bicyclic) bond motifs is 1. The molecule has 1 aromatic rings. The van der Waals surface area contributed by atoms with Gasteiger partial charge in [-0.05, 0) is 32.0 Å². The minimum absolute atomic E-state index is 0.156. The van der Waals surface area contributed by atoms with E-state index in [9.17, 15) is 4.79 Å². The number of ether oxygens (including phenoxy) is 2. The zero-order chi connectivity index (χ0) is 13.9. The fourth-order valence-corrected chi connectivity index (χ4v) is 2.10. The van der Waals surface area contributed by atoms with E-state index < -0.39 is 0 Å². The summed E-state index contributed by atoms with van der Waals surface area (Å²) in [5.74, 6) is 1.56. The van der Waals surface area contributed by atoms with Crippen molar-refractivity contribution in [1.29, 1.82) is 0 Å². The van der Waals surface area contributed by atoms with Gasteiger partial charge in [0.2, 0.25) is 5.78 Å². The first-order chi connectivity index (χ1) is 9.08. The number of carbonyl (C=O) groups excluding carboxylic acids is 1. The van der Waals surface area contributed by atoms with Crippen LogP contribution in [0.25, 0.3) is 0 Å². The van der Waals surface area contributed by atoms with Crippen LogP contribution in [0.2, 0.25) is 0 Å². The number of carbonyl (C=O) groups is 1. The van der Waals surface area contributed by atoms with Gasteiger partial charge in [-0.2, -0.15) is 0 Å². The Bertz CT molecular complexity index is 466. The summed E-state index contributed by atoms with van der Waals surface area (Å²) < 4.78 is 11.7. The molecule has 0 bridgehead atoms. The van der Waals surface area contributed by atoms with Crippen molar-refractivity contribution < 1.29 is 18.8 Å². The zero-order valence-corrected chi connectivity index (χ0v) is 11.9. The molecule has 19 heavy (non-hydrogen) atoms. The maximum Gasteiger partial charge on any atom is 0.217 e. The standard InChI is InChI=1S/C15H22NO3/c1-4-16(3,5-2)11-13(17)12-6-7-14-15(10-12)19-9-8-18-14/h6-7,10H,4-5,8-9,11H2,1-3H3/q+1. The summed E-state index contributed by atoms with van der Waals surface area (Å²) in [6, 6.07) is 5.45. The Kier molecular flexibility index (Phi) is 4.10. The average molecular weight is 264 g/mol. The van der Waals surface area contributed by atoms with Gasteiger partial charge in [0.1, 0.15) is 19.8 Å². The molecule has 0 aromatic heterocycles. The molecule has 1 heterocycles. The lowest BCUT2D eigenvalue weighted by Crippen LogP contribution is -2.47. The smallest absolute Gasteiger partial charge is 0.217 e. The van der Waals surface area contributed by atoms with E-state index in [1.165, 1.54) is 0 Å². The number of ketones is 1. The van der Waals surface area contributed by atoms with Gasteiger partial charge in [0.25, 0.3) is 0 Å². The molecule has 0 N–H and O–H groups in total. The number of Topliss-reactive ketones (excluding diaryl/α,β-unsaturated/α-hetero) is 1. The number of hydrogen-bond donors (Lipinski definition) is 0. The fraction of sp³-hybridized carbons (Fsp3) is 0.533.